The van der Waals surface area contributed by atoms with Crippen LogP contribution in [0.4, 0.5) is 15.3 Å². The van der Waals surface area contributed by atoms with E-state index in [9.17, 15) is 14.4 Å². The molecule has 9 nitrogen and oxygen atoms in total. The summed E-state index contributed by atoms with van der Waals surface area (Å²) >= 11 is 1.65. The first-order valence-corrected chi connectivity index (χ1v) is 16.2. The van der Waals surface area contributed by atoms with Crippen molar-refractivity contribution in [1.82, 2.24) is 10.2 Å². The normalized spacial score (nSPS) is 14.3. The van der Waals surface area contributed by atoms with Crippen LogP contribution in [0, 0.1) is 5.92 Å². The monoisotopic (exact) mass is 633 g/mol. The number of alkyl carbamates (subject to hydrolysis) is 1. The van der Waals surface area contributed by atoms with Crippen LogP contribution in [0.5, 0.6) is 5.75 Å². The molecule has 0 aromatic heterocycles. The lowest BCUT2D eigenvalue weighted by atomic mass is 9.90. The molecule has 3 aromatic rings. The largest absolute Gasteiger partial charge is 0.496 e. The van der Waals surface area contributed by atoms with Crippen LogP contribution in [0.1, 0.15) is 51.2 Å². The highest BCUT2D eigenvalue weighted by Crippen LogP contribution is 2.34. The average molecular weight is 634 g/mol. The summed E-state index contributed by atoms with van der Waals surface area (Å²) in [5.74, 6) is 1.20. The number of likely N-dealkylation sites (tertiary alicyclic amines) is 1. The summed E-state index contributed by atoms with van der Waals surface area (Å²) in [7, 11) is 1.60. The van der Waals surface area contributed by atoms with Crippen molar-refractivity contribution in [3.63, 3.8) is 0 Å². The van der Waals surface area contributed by atoms with Gasteiger partial charge < -0.3 is 29.7 Å². The molecular weight excluding hydrogens is 590 g/mol. The number of thioether (sulfide) groups is 1. The van der Waals surface area contributed by atoms with Crippen molar-refractivity contribution < 1.29 is 28.6 Å². The second kappa shape index (κ2) is 16.2. The Bertz CT molecular complexity index is 1410. The molecule has 1 fully saturated rings. The number of nitrogens with zero attached hydrogens (tertiary/aromatic N) is 1. The Morgan fingerprint density at radius 3 is 2.20 bits per heavy atom. The van der Waals surface area contributed by atoms with Crippen molar-refractivity contribution in [3.05, 3.63) is 90.0 Å². The quantitative estimate of drug-likeness (QED) is 0.214. The highest BCUT2D eigenvalue weighted by atomic mass is 32.2. The number of hydrogen-bond donors (Lipinski definition) is 2. The van der Waals surface area contributed by atoms with E-state index in [0.29, 0.717) is 43.8 Å². The fraction of sp³-hybridized carbons (Fsp3) is 0.400. The molecule has 240 valence electrons. The Labute approximate surface area is 270 Å². The first-order valence-electron chi connectivity index (χ1n) is 15.2. The van der Waals surface area contributed by atoms with Gasteiger partial charge in [0.15, 0.2) is 0 Å². The first-order chi connectivity index (χ1) is 21.6. The Kier molecular flexibility index (Phi) is 12.2. The number of carbonyl (C=O) groups excluding carboxylic acids is 3. The van der Waals surface area contributed by atoms with E-state index in [1.165, 1.54) is 5.56 Å². The topological polar surface area (TPSA) is 106 Å². The maximum Gasteiger partial charge on any atom is 0.410 e. The van der Waals surface area contributed by atoms with Crippen LogP contribution in [0.15, 0.2) is 83.8 Å². The number of ether oxygens (including phenoxy) is 3. The molecule has 1 atom stereocenters. The number of rotatable bonds is 11. The van der Waals surface area contributed by atoms with Gasteiger partial charge in [0, 0.05) is 35.5 Å². The maximum absolute atomic E-state index is 13.6. The highest BCUT2D eigenvalue weighted by molar-refractivity contribution is 7.98. The Balaban J connectivity index is 1.36. The van der Waals surface area contributed by atoms with Gasteiger partial charge in [0.25, 0.3) is 0 Å². The standard InChI is InChI=1S/C35H43N3O6S/c1-35(2,3)44-33(40)37-29(21-25-17-19-38(20-18-25)34(41)43-23-26-11-7-5-8-12-26)32(39)36-28-15-16-31(30(22-28)42-4)45-24-27-13-9-6-10-14-27/h5-16,22,25,29H,17-21,23-24H2,1-4H3,(H,36,39)(H,37,40). The van der Waals surface area contributed by atoms with Gasteiger partial charge in [0.2, 0.25) is 5.91 Å². The zero-order valence-corrected chi connectivity index (χ0v) is 27.2. The lowest BCUT2D eigenvalue weighted by molar-refractivity contribution is -0.118. The van der Waals surface area contributed by atoms with Crippen molar-refractivity contribution in [2.75, 3.05) is 25.5 Å². The van der Waals surface area contributed by atoms with E-state index in [4.69, 9.17) is 14.2 Å². The highest BCUT2D eigenvalue weighted by Gasteiger charge is 2.31. The van der Waals surface area contributed by atoms with Gasteiger partial charge in [-0.25, -0.2) is 9.59 Å². The molecule has 4 rings (SSSR count). The van der Waals surface area contributed by atoms with E-state index < -0.39 is 17.7 Å². The fourth-order valence-electron chi connectivity index (χ4n) is 5.01. The van der Waals surface area contributed by atoms with Gasteiger partial charge in [-0.3, -0.25) is 4.79 Å². The van der Waals surface area contributed by atoms with Gasteiger partial charge >= 0.3 is 12.2 Å². The molecule has 10 heteroatoms. The van der Waals surface area contributed by atoms with Crippen molar-refractivity contribution in [3.8, 4) is 5.75 Å². The van der Waals surface area contributed by atoms with Crippen LogP contribution in [0.25, 0.3) is 0 Å². The van der Waals surface area contributed by atoms with Crippen molar-refractivity contribution in [2.45, 2.75) is 68.9 Å². The van der Waals surface area contributed by atoms with Crippen molar-refractivity contribution >= 4 is 35.5 Å². The van der Waals surface area contributed by atoms with Gasteiger partial charge in [-0.1, -0.05) is 60.7 Å². The number of carbonyl (C=O) groups is 3. The molecule has 1 heterocycles. The minimum absolute atomic E-state index is 0.111. The first kappa shape index (κ1) is 33.7. The number of piperidine rings is 1. The summed E-state index contributed by atoms with van der Waals surface area (Å²) in [6, 6.07) is 24.4. The van der Waals surface area contributed by atoms with Gasteiger partial charge in [-0.15, -0.1) is 11.8 Å². The van der Waals surface area contributed by atoms with Crippen molar-refractivity contribution in [2.24, 2.45) is 5.92 Å². The molecule has 1 saturated heterocycles. The summed E-state index contributed by atoms with van der Waals surface area (Å²) < 4.78 is 16.6. The van der Waals surface area contributed by atoms with E-state index in [1.807, 2.05) is 60.7 Å². The van der Waals surface area contributed by atoms with E-state index in [-0.39, 0.29) is 24.5 Å². The molecule has 0 aliphatic carbocycles. The third kappa shape index (κ3) is 11.0. The van der Waals surface area contributed by atoms with Crippen molar-refractivity contribution in [1.29, 1.82) is 0 Å². The van der Waals surface area contributed by atoms with E-state index in [2.05, 4.69) is 22.8 Å². The molecule has 0 spiro atoms. The number of benzene rings is 3. The Morgan fingerprint density at radius 2 is 1.58 bits per heavy atom. The zero-order chi connectivity index (χ0) is 32.2. The van der Waals surface area contributed by atoms with Crippen LogP contribution in [-0.2, 0) is 26.6 Å². The number of hydrogen-bond acceptors (Lipinski definition) is 7. The predicted molar refractivity (Wildman–Crippen MR) is 176 cm³/mol. The second-order valence-electron chi connectivity index (χ2n) is 12.0. The minimum atomic E-state index is -0.834. The summed E-state index contributed by atoms with van der Waals surface area (Å²) in [4.78, 5) is 41.6. The smallest absolute Gasteiger partial charge is 0.410 e. The molecule has 45 heavy (non-hydrogen) atoms. The molecule has 2 N–H and O–H groups in total. The fourth-order valence-corrected chi connectivity index (χ4v) is 5.97. The third-order valence-corrected chi connectivity index (χ3v) is 8.45. The summed E-state index contributed by atoms with van der Waals surface area (Å²) in [5, 5.41) is 5.73. The van der Waals surface area contributed by atoms with Crippen LogP contribution in [0.3, 0.4) is 0 Å². The number of methoxy groups -OCH3 is 1. The Hall–Kier alpha value is -4.18. The van der Waals surface area contributed by atoms with Crippen LogP contribution >= 0.6 is 11.8 Å². The third-order valence-electron chi connectivity index (χ3n) is 7.32. The molecule has 3 aromatic carbocycles. The summed E-state index contributed by atoms with van der Waals surface area (Å²) in [6.45, 7) is 6.57. The molecule has 0 saturated carbocycles. The van der Waals surface area contributed by atoms with Gasteiger partial charge in [0.1, 0.15) is 24.0 Å². The van der Waals surface area contributed by atoms with Crippen LogP contribution < -0.4 is 15.4 Å². The molecule has 1 unspecified atom stereocenters. The molecule has 0 bridgehead atoms. The van der Waals surface area contributed by atoms with Gasteiger partial charge in [0.05, 0.1) is 7.11 Å². The summed E-state index contributed by atoms with van der Waals surface area (Å²) in [5.41, 5.74) is 1.98. The molecule has 3 amide bonds. The van der Waals surface area contributed by atoms with E-state index in [1.54, 1.807) is 50.6 Å². The molecule has 1 aliphatic heterocycles. The van der Waals surface area contributed by atoms with Gasteiger partial charge in [-0.05, 0) is 69.2 Å². The van der Waals surface area contributed by atoms with E-state index >= 15 is 0 Å². The lowest BCUT2D eigenvalue weighted by Crippen LogP contribution is -2.48. The summed E-state index contributed by atoms with van der Waals surface area (Å²) in [6.07, 6.45) is 0.760. The predicted octanol–water partition coefficient (Wildman–Crippen LogP) is 7.26. The maximum atomic E-state index is 13.6. The minimum Gasteiger partial charge on any atom is -0.496 e. The van der Waals surface area contributed by atoms with Gasteiger partial charge in [-0.2, -0.15) is 0 Å². The molecular formula is C35H43N3O6S. The number of nitrogens with one attached hydrogen (secondary N) is 2. The lowest BCUT2D eigenvalue weighted by Gasteiger charge is -2.33. The Morgan fingerprint density at radius 1 is 0.933 bits per heavy atom. The zero-order valence-electron chi connectivity index (χ0n) is 26.4. The van der Waals surface area contributed by atoms with Crippen LogP contribution in [0.2, 0.25) is 0 Å². The number of amides is 3. The second-order valence-corrected chi connectivity index (χ2v) is 13.1. The molecule has 1 aliphatic rings. The average Bonchev–Trinajstić information content (AvgIpc) is 3.03. The number of anilines is 1. The SMILES string of the molecule is COc1cc(NC(=O)C(CC2CCN(C(=O)OCc3ccccc3)CC2)NC(=O)OC(C)(C)C)ccc1SCc1ccccc1. The van der Waals surface area contributed by atoms with E-state index in [0.717, 1.165) is 16.2 Å². The van der Waals surface area contributed by atoms with Crippen LogP contribution in [-0.4, -0.2) is 54.8 Å². The molecule has 0 radical (unpaired) electrons.